The Morgan fingerprint density at radius 1 is 1.00 bits per heavy atom. The van der Waals surface area contributed by atoms with Crippen LogP contribution in [0, 0.1) is 16.6 Å². The Morgan fingerprint density at radius 2 is 1.74 bits per heavy atom. The molecule has 3 saturated carbocycles. The van der Waals surface area contributed by atoms with Crippen LogP contribution in [0.5, 0.6) is 5.75 Å². The third-order valence-corrected chi connectivity index (χ3v) is 9.98. The molecule has 190 valence electrons. The average molecular weight is 487 g/mol. The van der Waals surface area contributed by atoms with E-state index in [-0.39, 0.29) is 23.2 Å². The third kappa shape index (κ3) is 3.88. The molecule has 0 radical (unpaired) electrons. The second-order valence-corrected chi connectivity index (χ2v) is 12.7. The summed E-state index contributed by atoms with van der Waals surface area (Å²) in [6.45, 7) is 5.22. The fraction of sp³-hybridized carbons (Fsp3) is 0.750. The molecule has 3 aliphatic carbocycles. The minimum absolute atomic E-state index is 0.185. The summed E-state index contributed by atoms with van der Waals surface area (Å²) in [7, 11) is 0. The van der Waals surface area contributed by atoms with Crippen molar-refractivity contribution in [3.63, 3.8) is 0 Å². The van der Waals surface area contributed by atoms with Gasteiger partial charge in [-0.3, -0.25) is 4.79 Å². The van der Waals surface area contributed by atoms with Gasteiger partial charge in [-0.05, 0) is 95.0 Å². The highest BCUT2D eigenvalue weighted by Gasteiger charge is 2.58. The fourth-order valence-electron chi connectivity index (χ4n) is 7.61. The fourth-order valence-corrected chi connectivity index (χ4v) is 7.61. The van der Waals surface area contributed by atoms with E-state index in [0.29, 0.717) is 30.2 Å². The van der Waals surface area contributed by atoms with E-state index in [9.17, 15) is 13.6 Å². The van der Waals surface area contributed by atoms with Crippen molar-refractivity contribution in [3.8, 4) is 5.75 Å². The van der Waals surface area contributed by atoms with E-state index < -0.39 is 5.67 Å². The molecule has 1 aromatic rings. The number of rotatable bonds is 5. The molecular formula is C28H36F2N2O3. The van der Waals surface area contributed by atoms with Gasteiger partial charge in [-0.2, -0.15) is 0 Å². The molecule has 3 aliphatic heterocycles. The number of benzene rings is 1. The van der Waals surface area contributed by atoms with Crippen molar-refractivity contribution in [1.29, 1.82) is 0 Å². The monoisotopic (exact) mass is 486 g/mol. The van der Waals surface area contributed by atoms with Gasteiger partial charge in [0.15, 0.2) is 5.67 Å². The Labute approximate surface area is 206 Å². The van der Waals surface area contributed by atoms with Crippen LogP contribution >= 0.6 is 0 Å². The van der Waals surface area contributed by atoms with E-state index in [4.69, 9.17) is 9.47 Å². The van der Waals surface area contributed by atoms with E-state index in [0.717, 1.165) is 95.7 Å². The highest BCUT2D eigenvalue weighted by Crippen LogP contribution is 2.52. The summed E-state index contributed by atoms with van der Waals surface area (Å²) < 4.78 is 40.1. The van der Waals surface area contributed by atoms with Gasteiger partial charge in [-0.25, -0.2) is 8.78 Å². The molecule has 2 spiro atoms. The Morgan fingerprint density at radius 3 is 2.40 bits per heavy atom. The summed E-state index contributed by atoms with van der Waals surface area (Å²) in [5, 5.41) is 0. The molecule has 6 aliphatic rings. The van der Waals surface area contributed by atoms with Gasteiger partial charge < -0.3 is 19.3 Å². The average Bonchev–Trinajstić information content (AvgIpc) is 3.37. The molecule has 1 aromatic carbocycles. The van der Waals surface area contributed by atoms with Crippen molar-refractivity contribution < 1.29 is 23.0 Å². The van der Waals surface area contributed by atoms with Gasteiger partial charge in [0.1, 0.15) is 17.7 Å². The lowest BCUT2D eigenvalue weighted by Gasteiger charge is -2.52. The summed E-state index contributed by atoms with van der Waals surface area (Å²) in [5.74, 6) is 0.740. The van der Waals surface area contributed by atoms with Gasteiger partial charge in [0, 0.05) is 35.5 Å². The quantitative estimate of drug-likeness (QED) is 0.617. The maximum absolute atomic E-state index is 14.2. The molecule has 35 heavy (non-hydrogen) atoms. The second-order valence-electron chi connectivity index (χ2n) is 12.7. The Kier molecular flexibility index (Phi) is 5.06. The van der Waals surface area contributed by atoms with Crippen molar-refractivity contribution in [2.75, 3.05) is 39.4 Å². The van der Waals surface area contributed by atoms with Crippen LogP contribution in [0.1, 0.15) is 69.3 Å². The molecule has 0 bridgehead atoms. The highest BCUT2D eigenvalue weighted by molar-refractivity contribution is 5.88. The number of likely N-dealkylation sites (tertiary alicyclic amines) is 2. The van der Waals surface area contributed by atoms with E-state index in [2.05, 4.69) is 4.90 Å². The molecule has 1 amide bonds. The number of amides is 1. The molecule has 5 nitrogen and oxygen atoms in total. The van der Waals surface area contributed by atoms with Gasteiger partial charge in [0.05, 0.1) is 13.2 Å². The zero-order chi connectivity index (χ0) is 23.8. The molecule has 0 unspecified atom stereocenters. The predicted octanol–water partition coefficient (Wildman–Crippen LogP) is 4.45. The summed E-state index contributed by atoms with van der Waals surface area (Å²) >= 11 is 0. The first-order chi connectivity index (χ1) is 16.8. The van der Waals surface area contributed by atoms with Crippen LogP contribution < -0.4 is 4.74 Å². The number of nitrogens with zero attached hydrogens (tertiary/aromatic N) is 2. The number of ether oxygens (including phenoxy) is 2. The second kappa shape index (κ2) is 7.88. The molecule has 7 rings (SSSR count). The van der Waals surface area contributed by atoms with Gasteiger partial charge in [0.2, 0.25) is 0 Å². The smallest absolute Gasteiger partial charge is 0.260 e. The lowest BCUT2D eigenvalue weighted by molar-refractivity contribution is -0.191. The van der Waals surface area contributed by atoms with Gasteiger partial charge in [-0.15, -0.1) is 0 Å². The van der Waals surface area contributed by atoms with Crippen molar-refractivity contribution in [2.24, 2.45) is 10.8 Å². The number of hydrogen-bond donors (Lipinski definition) is 0. The minimum Gasteiger partial charge on any atom is -0.490 e. The van der Waals surface area contributed by atoms with Crippen LogP contribution in [0.15, 0.2) is 18.2 Å². The predicted molar refractivity (Wildman–Crippen MR) is 127 cm³/mol. The van der Waals surface area contributed by atoms with Crippen molar-refractivity contribution in [2.45, 2.75) is 81.5 Å². The molecule has 0 aromatic heterocycles. The molecule has 6 fully saturated rings. The van der Waals surface area contributed by atoms with Crippen LogP contribution in [0.4, 0.5) is 8.78 Å². The van der Waals surface area contributed by atoms with Crippen LogP contribution in [0.2, 0.25) is 0 Å². The van der Waals surface area contributed by atoms with E-state index in [1.165, 1.54) is 6.07 Å². The number of piperidine rings is 1. The number of halogens is 2. The first kappa shape index (κ1) is 22.5. The third-order valence-electron chi connectivity index (χ3n) is 9.98. The van der Waals surface area contributed by atoms with Crippen molar-refractivity contribution >= 4 is 5.91 Å². The molecule has 3 heterocycles. The van der Waals surface area contributed by atoms with Crippen LogP contribution in [0.25, 0.3) is 0 Å². The number of alkyl halides is 1. The lowest BCUT2D eigenvalue weighted by atomic mass is 9.65. The standard InChI is InChI=1S/C28H36F2N2O3/c29-20-1-2-24(35-22-13-27(14-22)17-34-18-27)23(11-20)19-4-9-31(10-5-19)21-3-6-26(12-21)15-32(16-26)25(33)28(30)7-8-28/h1-2,11,19,21-22H,3-10,12-18H2/t21-/m0/s1. The largest absolute Gasteiger partial charge is 0.490 e. The molecular weight excluding hydrogens is 450 g/mol. The Bertz CT molecular complexity index is 1000. The van der Waals surface area contributed by atoms with Crippen LogP contribution in [-0.2, 0) is 9.53 Å². The SMILES string of the molecule is O=C(N1CC2(CC[C@H](N3CCC(c4cc(F)ccc4OC4CC5(COC5)C4)CC3)C2)C1)C1(F)CC1. The first-order valence-electron chi connectivity index (χ1n) is 13.6. The van der Waals surface area contributed by atoms with Crippen molar-refractivity contribution in [3.05, 3.63) is 29.6 Å². The van der Waals surface area contributed by atoms with E-state index in [1.807, 2.05) is 6.07 Å². The first-order valence-corrected chi connectivity index (χ1v) is 13.6. The van der Waals surface area contributed by atoms with Crippen LogP contribution in [0.3, 0.4) is 0 Å². The Balaban J connectivity index is 0.936. The topological polar surface area (TPSA) is 42.0 Å². The summed E-state index contributed by atoms with van der Waals surface area (Å²) in [4.78, 5) is 16.7. The van der Waals surface area contributed by atoms with Gasteiger partial charge in [0.25, 0.3) is 5.91 Å². The minimum atomic E-state index is -1.54. The number of carbonyl (C=O) groups excluding carboxylic acids is 1. The molecule has 3 saturated heterocycles. The van der Waals surface area contributed by atoms with Gasteiger partial charge in [-0.1, -0.05) is 0 Å². The maximum Gasteiger partial charge on any atom is 0.260 e. The lowest BCUT2D eigenvalue weighted by Crippen LogP contribution is -2.60. The summed E-state index contributed by atoms with van der Waals surface area (Å²) in [5.41, 5.74) is 0.0569. The van der Waals surface area contributed by atoms with E-state index >= 15 is 0 Å². The van der Waals surface area contributed by atoms with E-state index in [1.54, 1.807) is 11.0 Å². The van der Waals surface area contributed by atoms with Crippen molar-refractivity contribution in [1.82, 2.24) is 9.80 Å². The van der Waals surface area contributed by atoms with Gasteiger partial charge >= 0.3 is 0 Å². The maximum atomic E-state index is 14.2. The summed E-state index contributed by atoms with van der Waals surface area (Å²) in [6.07, 6.45) is 8.55. The molecule has 0 N–H and O–H groups in total. The molecule has 1 atom stereocenters. The number of hydrogen-bond acceptors (Lipinski definition) is 4. The normalized spacial score (nSPS) is 31.1. The molecule has 7 heteroatoms. The Hall–Kier alpha value is -1.73. The zero-order valence-electron chi connectivity index (χ0n) is 20.4. The highest BCUT2D eigenvalue weighted by atomic mass is 19.1. The zero-order valence-corrected chi connectivity index (χ0v) is 20.4. The number of carbonyl (C=O) groups is 1. The van der Waals surface area contributed by atoms with Crippen LogP contribution in [-0.4, -0.2) is 72.9 Å². The summed E-state index contributed by atoms with van der Waals surface area (Å²) in [6, 6.07) is 5.59.